The van der Waals surface area contributed by atoms with Gasteiger partial charge in [0.15, 0.2) is 5.37 Å². The Morgan fingerprint density at radius 3 is 1.95 bits per heavy atom. The first-order chi connectivity index (χ1) is 18.9. The van der Waals surface area contributed by atoms with E-state index in [0.717, 1.165) is 74.9 Å². The second-order valence-electron chi connectivity index (χ2n) is 9.74. The smallest absolute Gasteiger partial charge is 0.286 e. The van der Waals surface area contributed by atoms with Crippen LogP contribution in [0.15, 0.2) is 82.8 Å². The highest BCUT2D eigenvalue weighted by Crippen LogP contribution is 2.52. The summed E-state index contributed by atoms with van der Waals surface area (Å²) < 4.78 is 35.6. The maximum Gasteiger partial charge on any atom is 0.286 e. The van der Waals surface area contributed by atoms with Crippen molar-refractivity contribution in [2.75, 3.05) is 4.90 Å². The lowest BCUT2D eigenvalue weighted by molar-refractivity contribution is 0.464. The molecule has 0 radical (unpaired) electrons. The molecule has 3 heterocycles. The molecule has 0 saturated heterocycles. The molecular formula is C31H33N3O3S2. The minimum atomic E-state index is -4.38. The van der Waals surface area contributed by atoms with Crippen molar-refractivity contribution in [2.45, 2.75) is 68.0 Å². The van der Waals surface area contributed by atoms with Crippen molar-refractivity contribution in [2.24, 2.45) is 0 Å². The number of benzene rings is 2. The highest BCUT2D eigenvalue weighted by Gasteiger charge is 2.36. The molecule has 4 aromatic rings. The lowest BCUT2D eigenvalue weighted by Gasteiger charge is -2.37. The van der Waals surface area contributed by atoms with E-state index in [2.05, 4.69) is 42.0 Å². The van der Waals surface area contributed by atoms with Crippen LogP contribution < -0.4 is 4.90 Å². The summed E-state index contributed by atoms with van der Waals surface area (Å²) in [7, 11) is -4.38. The summed E-state index contributed by atoms with van der Waals surface area (Å²) in [5, 5.41) is -1.12. The highest BCUT2D eigenvalue weighted by molar-refractivity contribution is 7.99. The number of aryl methyl sites for hydroxylation is 2. The second kappa shape index (κ2) is 11.5. The number of fused-ring (bicyclic) bond motifs is 2. The van der Waals surface area contributed by atoms with Gasteiger partial charge in [0, 0.05) is 33.3 Å². The van der Waals surface area contributed by atoms with Crippen molar-refractivity contribution in [3.8, 4) is 22.5 Å². The molecular weight excluding hydrogens is 526 g/mol. The quantitative estimate of drug-likeness (QED) is 0.208. The van der Waals surface area contributed by atoms with Gasteiger partial charge in [-0.25, -0.2) is 0 Å². The fourth-order valence-electron chi connectivity index (χ4n) is 5.31. The molecule has 202 valence electrons. The summed E-state index contributed by atoms with van der Waals surface area (Å²) in [6.45, 7) is 6.07. The van der Waals surface area contributed by atoms with Gasteiger partial charge in [0.05, 0.1) is 22.8 Å². The van der Waals surface area contributed by atoms with E-state index in [0.29, 0.717) is 0 Å². The number of rotatable bonds is 9. The minimum absolute atomic E-state index is 0.222. The Labute approximate surface area is 235 Å². The van der Waals surface area contributed by atoms with Crippen LogP contribution >= 0.6 is 11.8 Å². The standard InChI is InChI=1S/C31H33N3O3S2/c1-4-9-21-11-7-17-32-30(21)23-14-16-27-26(19-23)34(29(6-3)39(35,36)37)25-15-13-24(20-28(25)38-27)31-22(10-5-2)12-8-18-33-31/h7-8,11-20,29H,4-6,9-10H2,1-3H3,(H,35,36,37). The molecule has 39 heavy (non-hydrogen) atoms. The monoisotopic (exact) mass is 559 g/mol. The SMILES string of the molecule is CCCc1cccnc1-c1ccc2c(c1)Sc1ccc(-c3ncccc3CCC)cc1N2C(CC)S(=O)(=O)O. The van der Waals surface area contributed by atoms with E-state index in [-0.39, 0.29) is 6.42 Å². The molecule has 1 aliphatic rings. The van der Waals surface area contributed by atoms with Crippen LogP contribution in [0, 0.1) is 0 Å². The summed E-state index contributed by atoms with van der Waals surface area (Å²) in [4.78, 5) is 13.0. The van der Waals surface area contributed by atoms with Gasteiger partial charge in [0.1, 0.15) is 0 Å². The Hall–Kier alpha value is -3.20. The largest absolute Gasteiger partial charge is 0.320 e. The van der Waals surface area contributed by atoms with E-state index in [1.807, 2.05) is 42.5 Å². The van der Waals surface area contributed by atoms with Gasteiger partial charge >= 0.3 is 0 Å². The van der Waals surface area contributed by atoms with Crippen molar-refractivity contribution in [1.29, 1.82) is 0 Å². The third-order valence-corrected chi connectivity index (χ3v) is 9.35. The maximum atomic E-state index is 12.7. The van der Waals surface area contributed by atoms with Crippen LogP contribution in [0.25, 0.3) is 22.5 Å². The fourth-order valence-corrected chi connectivity index (χ4v) is 7.31. The van der Waals surface area contributed by atoms with Gasteiger partial charge in [-0.15, -0.1) is 0 Å². The minimum Gasteiger partial charge on any atom is -0.320 e. The average Bonchev–Trinajstić information content (AvgIpc) is 2.93. The van der Waals surface area contributed by atoms with Gasteiger partial charge in [-0.05, 0) is 66.8 Å². The van der Waals surface area contributed by atoms with E-state index >= 15 is 0 Å². The molecule has 8 heteroatoms. The molecule has 0 bridgehead atoms. The normalized spacial score (nSPS) is 13.6. The molecule has 0 spiro atoms. The molecule has 1 unspecified atom stereocenters. The summed E-state index contributed by atoms with van der Waals surface area (Å²) in [6.07, 6.45) is 7.66. The maximum absolute atomic E-state index is 12.7. The van der Waals surface area contributed by atoms with Crippen LogP contribution in [0.4, 0.5) is 11.4 Å². The third kappa shape index (κ3) is 5.46. The van der Waals surface area contributed by atoms with E-state index in [1.54, 1.807) is 36.0 Å². The molecule has 2 aromatic carbocycles. The Bertz CT molecular complexity index is 1600. The second-order valence-corrected chi connectivity index (χ2v) is 12.4. The summed E-state index contributed by atoms with van der Waals surface area (Å²) in [6, 6.07) is 20.2. The zero-order valence-electron chi connectivity index (χ0n) is 22.5. The lowest BCUT2D eigenvalue weighted by atomic mass is 10.0. The van der Waals surface area contributed by atoms with Crippen LogP contribution in [-0.2, 0) is 23.0 Å². The van der Waals surface area contributed by atoms with Crippen molar-refractivity contribution >= 4 is 33.3 Å². The molecule has 0 aliphatic carbocycles. The van der Waals surface area contributed by atoms with Crippen LogP contribution in [0.5, 0.6) is 0 Å². The van der Waals surface area contributed by atoms with Crippen LogP contribution in [0.2, 0.25) is 0 Å². The first-order valence-electron chi connectivity index (χ1n) is 13.5. The first-order valence-corrected chi connectivity index (χ1v) is 15.8. The van der Waals surface area contributed by atoms with Crippen molar-refractivity contribution < 1.29 is 13.0 Å². The van der Waals surface area contributed by atoms with E-state index in [9.17, 15) is 13.0 Å². The fraction of sp³-hybridized carbons (Fsp3) is 0.290. The number of hydrogen-bond donors (Lipinski definition) is 1. The molecule has 1 N–H and O–H groups in total. The van der Waals surface area contributed by atoms with Gasteiger partial charge in [-0.2, -0.15) is 8.42 Å². The van der Waals surface area contributed by atoms with Crippen molar-refractivity contribution in [3.63, 3.8) is 0 Å². The Balaban J connectivity index is 1.67. The summed E-state index contributed by atoms with van der Waals surface area (Å²) in [5.74, 6) is 0. The lowest BCUT2D eigenvalue weighted by Crippen LogP contribution is -2.38. The number of hydrogen-bond acceptors (Lipinski definition) is 6. The van der Waals surface area contributed by atoms with Crippen LogP contribution in [-0.4, -0.2) is 28.3 Å². The van der Waals surface area contributed by atoms with Crippen LogP contribution in [0.3, 0.4) is 0 Å². The van der Waals surface area contributed by atoms with Crippen molar-refractivity contribution in [1.82, 2.24) is 9.97 Å². The molecule has 6 nitrogen and oxygen atoms in total. The number of anilines is 2. The number of pyridine rings is 2. The topological polar surface area (TPSA) is 83.4 Å². The first kappa shape index (κ1) is 27.4. The Morgan fingerprint density at radius 2 is 1.38 bits per heavy atom. The third-order valence-electron chi connectivity index (χ3n) is 7.01. The average molecular weight is 560 g/mol. The number of nitrogens with zero attached hydrogens (tertiary/aromatic N) is 3. The molecule has 2 aromatic heterocycles. The van der Waals surface area contributed by atoms with Crippen LogP contribution in [0.1, 0.15) is 51.2 Å². The van der Waals surface area contributed by atoms with Gasteiger partial charge < -0.3 is 4.90 Å². The summed E-state index contributed by atoms with van der Waals surface area (Å²) >= 11 is 1.60. The van der Waals surface area contributed by atoms with E-state index in [4.69, 9.17) is 0 Å². The zero-order chi connectivity index (χ0) is 27.6. The highest BCUT2D eigenvalue weighted by atomic mass is 32.2. The summed E-state index contributed by atoms with van der Waals surface area (Å²) in [5.41, 5.74) is 7.59. The molecule has 0 fully saturated rings. The predicted octanol–water partition coefficient (Wildman–Crippen LogP) is 7.94. The predicted molar refractivity (Wildman–Crippen MR) is 159 cm³/mol. The Morgan fingerprint density at radius 1 is 0.795 bits per heavy atom. The Kier molecular flexibility index (Phi) is 8.07. The molecule has 0 amide bonds. The van der Waals surface area contributed by atoms with Gasteiger partial charge in [0.25, 0.3) is 10.1 Å². The number of aromatic nitrogens is 2. The molecule has 0 saturated carbocycles. The molecule has 5 rings (SSSR count). The van der Waals surface area contributed by atoms with Gasteiger partial charge in [0.2, 0.25) is 0 Å². The van der Waals surface area contributed by atoms with Crippen molar-refractivity contribution in [3.05, 3.63) is 84.2 Å². The molecule has 1 aliphatic heterocycles. The van der Waals surface area contributed by atoms with Gasteiger partial charge in [-0.3, -0.25) is 14.5 Å². The molecule has 1 atom stereocenters. The van der Waals surface area contributed by atoms with E-state index < -0.39 is 15.5 Å². The zero-order valence-corrected chi connectivity index (χ0v) is 24.1. The van der Waals surface area contributed by atoms with E-state index in [1.165, 1.54) is 5.56 Å². The van der Waals surface area contributed by atoms with Gasteiger partial charge in [-0.1, -0.05) is 69.6 Å².